The summed E-state index contributed by atoms with van der Waals surface area (Å²) in [5.41, 5.74) is 2.24. The molecule has 1 amide bonds. The Kier molecular flexibility index (Phi) is 8.16. The van der Waals surface area contributed by atoms with E-state index in [2.05, 4.69) is 48.5 Å². The topological polar surface area (TPSA) is 79.4 Å². The lowest BCUT2D eigenvalue weighted by Gasteiger charge is -2.51. The van der Waals surface area contributed by atoms with Crippen LogP contribution in [-0.4, -0.2) is 52.8 Å². The first-order valence-corrected chi connectivity index (χ1v) is 14.2. The van der Waals surface area contributed by atoms with Crippen molar-refractivity contribution in [2.24, 2.45) is 11.3 Å². The van der Waals surface area contributed by atoms with Gasteiger partial charge in [-0.15, -0.1) is 0 Å². The second kappa shape index (κ2) is 11.6. The summed E-state index contributed by atoms with van der Waals surface area (Å²) in [5, 5.41) is 7.37. The number of hydrogen-bond donors (Lipinski definition) is 2. The summed E-state index contributed by atoms with van der Waals surface area (Å²) in [4.78, 5) is 23.8. The van der Waals surface area contributed by atoms with Gasteiger partial charge in [-0.3, -0.25) is 4.79 Å². The van der Waals surface area contributed by atoms with Crippen molar-refractivity contribution in [3.05, 3.63) is 59.7 Å². The molecular formula is C28H30BrClFN5O2. The van der Waals surface area contributed by atoms with Gasteiger partial charge in [0.25, 0.3) is 0 Å². The number of carbonyl (C=O) groups excluding carboxylic acids is 1. The number of hydrogen-bond acceptors (Lipinski definition) is 6. The number of benzene rings is 2. The van der Waals surface area contributed by atoms with E-state index in [0.29, 0.717) is 57.1 Å². The summed E-state index contributed by atoms with van der Waals surface area (Å²) in [6.45, 7) is 2.92. The summed E-state index contributed by atoms with van der Waals surface area (Å²) in [5.74, 6) is 0.799. The molecule has 10 heteroatoms. The molecule has 7 nitrogen and oxygen atoms in total. The van der Waals surface area contributed by atoms with E-state index in [1.54, 1.807) is 18.2 Å². The number of amides is 1. The number of aromatic nitrogens is 2. The molecule has 0 radical (unpaired) electrons. The largest absolute Gasteiger partial charge is 0.491 e. The van der Waals surface area contributed by atoms with Crippen LogP contribution in [0.2, 0.25) is 5.02 Å². The van der Waals surface area contributed by atoms with Gasteiger partial charge in [-0.2, -0.15) is 0 Å². The van der Waals surface area contributed by atoms with Crippen molar-refractivity contribution in [2.75, 3.05) is 42.7 Å². The number of ether oxygens (including phenoxy) is 1. The molecule has 1 saturated carbocycles. The van der Waals surface area contributed by atoms with E-state index in [1.807, 2.05) is 6.07 Å². The molecule has 1 aromatic heterocycles. The zero-order valence-electron chi connectivity index (χ0n) is 21.1. The molecule has 0 atom stereocenters. The molecule has 2 aromatic carbocycles. The lowest BCUT2D eigenvalue weighted by molar-refractivity contribution is -0.111. The predicted molar refractivity (Wildman–Crippen MR) is 153 cm³/mol. The van der Waals surface area contributed by atoms with Crippen molar-refractivity contribution in [3.63, 3.8) is 0 Å². The van der Waals surface area contributed by atoms with E-state index >= 15 is 0 Å². The molecule has 2 heterocycles. The monoisotopic (exact) mass is 601 g/mol. The molecule has 0 unspecified atom stereocenters. The highest BCUT2D eigenvalue weighted by molar-refractivity contribution is 9.09. The highest BCUT2D eigenvalue weighted by Crippen LogP contribution is 2.52. The van der Waals surface area contributed by atoms with Gasteiger partial charge in [-0.25, -0.2) is 14.4 Å². The molecule has 5 rings (SSSR count). The zero-order chi connectivity index (χ0) is 26.7. The van der Waals surface area contributed by atoms with Crippen molar-refractivity contribution in [1.82, 2.24) is 14.9 Å². The first kappa shape index (κ1) is 26.8. The molecule has 2 aliphatic rings. The van der Waals surface area contributed by atoms with Gasteiger partial charge in [0, 0.05) is 28.5 Å². The van der Waals surface area contributed by atoms with Gasteiger partial charge in [0.2, 0.25) is 5.91 Å². The lowest BCUT2D eigenvalue weighted by atomic mass is 9.58. The number of allylic oxidation sites excluding steroid dienone is 1. The van der Waals surface area contributed by atoms with Crippen LogP contribution in [0.5, 0.6) is 5.75 Å². The first-order valence-electron chi connectivity index (χ1n) is 12.7. The van der Waals surface area contributed by atoms with Crippen molar-refractivity contribution in [3.8, 4) is 5.75 Å². The maximum Gasteiger partial charge on any atom is 0.248 e. The fourth-order valence-electron chi connectivity index (χ4n) is 5.43. The highest BCUT2D eigenvalue weighted by Gasteiger charge is 2.45. The molecule has 2 fully saturated rings. The fraction of sp³-hybridized carbons (Fsp3) is 0.393. The Morgan fingerprint density at radius 3 is 2.79 bits per heavy atom. The number of rotatable bonds is 8. The van der Waals surface area contributed by atoms with Crippen LogP contribution in [0.15, 0.2) is 48.8 Å². The van der Waals surface area contributed by atoms with Crippen LogP contribution < -0.4 is 15.4 Å². The van der Waals surface area contributed by atoms with Gasteiger partial charge >= 0.3 is 0 Å². The van der Waals surface area contributed by atoms with Gasteiger partial charge in [0.05, 0.1) is 22.8 Å². The Hall–Kier alpha value is -2.75. The standard InChI is InChI=1S/C28H30BrClFN5O2/c1-36-9-6-28(7-10-36)14-18(15-28)16-38-25-13-23-20(12-24(25)35-26(37)3-2-8-29)27(33-17-32-23)34-19-4-5-22(31)21(30)11-19/h2-5,11-13,17-18H,6-10,14-16H2,1H3,(H,35,37)(H,32,33,34). The number of fused-ring (bicyclic) bond motifs is 1. The van der Waals surface area contributed by atoms with Gasteiger partial charge in [0.15, 0.2) is 0 Å². The summed E-state index contributed by atoms with van der Waals surface area (Å²) in [6, 6.07) is 7.99. The van der Waals surface area contributed by atoms with Gasteiger partial charge in [-0.05, 0) is 81.4 Å². The van der Waals surface area contributed by atoms with Crippen LogP contribution in [0.25, 0.3) is 10.9 Å². The molecule has 0 bridgehead atoms. The van der Waals surface area contributed by atoms with E-state index < -0.39 is 5.82 Å². The van der Waals surface area contributed by atoms with Gasteiger partial charge < -0.3 is 20.3 Å². The molecule has 2 N–H and O–H groups in total. The van der Waals surface area contributed by atoms with Crippen molar-refractivity contribution in [1.29, 1.82) is 0 Å². The second-order valence-electron chi connectivity index (χ2n) is 10.3. The number of nitrogens with zero attached hydrogens (tertiary/aromatic N) is 3. The van der Waals surface area contributed by atoms with Crippen molar-refractivity contribution in [2.45, 2.75) is 25.7 Å². The molecule has 38 heavy (non-hydrogen) atoms. The van der Waals surface area contributed by atoms with Crippen LogP contribution in [0.3, 0.4) is 0 Å². The zero-order valence-corrected chi connectivity index (χ0v) is 23.5. The van der Waals surface area contributed by atoms with Crippen LogP contribution in [0.4, 0.5) is 21.6 Å². The molecular weight excluding hydrogens is 573 g/mol. The Labute approximate surface area is 234 Å². The Bertz CT molecular complexity index is 1350. The van der Waals surface area contributed by atoms with Gasteiger partial charge in [0.1, 0.15) is 23.7 Å². The van der Waals surface area contributed by atoms with Crippen molar-refractivity contribution >= 4 is 61.5 Å². The summed E-state index contributed by atoms with van der Waals surface area (Å²) in [6.07, 6.45) is 9.51. The number of carbonyl (C=O) groups is 1. The minimum absolute atomic E-state index is 0.00796. The molecule has 1 aliphatic carbocycles. The van der Waals surface area contributed by atoms with E-state index in [9.17, 15) is 9.18 Å². The Morgan fingerprint density at radius 2 is 2.05 bits per heavy atom. The fourth-order valence-corrected chi connectivity index (χ4v) is 5.80. The minimum Gasteiger partial charge on any atom is -0.491 e. The molecule has 1 spiro atoms. The predicted octanol–water partition coefficient (Wildman–Crippen LogP) is 6.56. The maximum absolute atomic E-state index is 13.6. The Morgan fingerprint density at radius 1 is 1.26 bits per heavy atom. The number of nitrogens with one attached hydrogen (secondary N) is 2. The van der Waals surface area contributed by atoms with E-state index in [4.69, 9.17) is 16.3 Å². The minimum atomic E-state index is -0.499. The summed E-state index contributed by atoms with van der Waals surface area (Å²) >= 11 is 9.25. The molecule has 1 saturated heterocycles. The SMILES string of the molecule is CN1CCC2(CC1)CC(COc1cc3ncnc(Nc4ccc(F)c(Cl)c4)c3cc1NC(=O)C=CCBr)C2. The first-order chi connectivity index (χ1) is 18.3. The molecule has 200 valence electrons. The van der Waals surface area contributed by atoms with Gasteiger partial charge in [-0.1, -0.05) is 33.6 Å². The molecule has 1 aliphatic heterocycles. The van der Waals surface area contributed by atoms with E-state index in [1.165, 1.54) is 50.2 Å². The number of halogens is 3. The number of likely N-dealkylation sites (tertiary alicyclic amines) is 1. The number of piperidine rings is 1. The van der Waals surface area contributed by atoms with Crippen LogP contribution in [0, 0.1) is 17.2 Å². The van der Waals surface area contributed by atoms with E-state index in [-0.39, 0.29) is 10.9 Å². The number of alkyl halides is 1. The smallest absolute Gasteiger partial charge is 0.248 e. The third kappa shape index (κ3) is 6.11. The third-order valence-electron chi connectivity index (χ3n) is 7.50. The summed E-state index contributed by atoms with van der Waals surface area (Å²) < 4.78 is 19.9. The number of anilines is 3. The maximum atomic E-state index is 13.6. The van der Waals surface area contributed by atoms with Crippen LogP contribution in [-0.2, 0) is 4.79 Å². The quantitative estimate of drug-likeness (QED) is 0.225. The van der Waals surface area contributed by atoms with Crippen LogP contribution >= 0.6 is 27.5 Å². The van der Waals surface area contributed by atoms with Crippen LogP contribution in [0.1, 0.15) is 25.7 Å². The average Bonchev–Trinajstić information content (AvgIpc) is 2.88. The van der Waals surface area contributed by atoms with E-state index in [0.717, 1.165) is 13.1 Å². The van der Waals surface area contributed by atoms with Crippen molar-refractivity contribution < 1.29 is 13.9 Å². The normalized spacial score (nSPS) is 17.6. The second-order valence-corrected chi connectivity index (χ2v) is 11.3. The average molecular weight is 603 g/mol. The third-order valence-corrected chi connectivity index (χ3v) is 8.16. The summed E-state index contributed by atoms with van der Waals surface area (Å²) in [7, 11) is 2.19. The highest BCUT2D eigenvalue weighted by atomic mass is 79.9. The lowest BCUT2D eigenvalue weighted by Crippen LogP contribution is -2.47. The molecule has 3 aromatic rings. The Balaban J connectivity index is 1.38.